The standard InChI is InChI=1S/C16H22N2O4/c1-10(2)13-15(20-3)18-14(16(17-13)21-4)12(19)8-7-11-6-5-9-22-11/h5-10,12-14,19H,1-4H3/b8-7+/t12-,13+,14-/m0/s1. The van der Waals surface area contributed by atoms with Crippen molar-refractivity contribution in [1.29, 1.82) is 0 Å². The van der Waals surface area contributed by atoms with Crippen LogP contribution in [0.25, 0.3) is 6.08 Å². The lowest BCUT2D eigenvalue weighted by Crippen LogP contribution is -2.42. The first-order chi connectivity index (χ1) is 10.6. The van der Waals surface area contributed by atoms with Crippen molar-refractivity contribution in [3.63, 3.8) is 0 Å². The van der Waals surface area contributed by atoms with Crippen LogP contribution in [-0.4, -0.2) is 49.3 Å². The molecule has 0 aromatic carbocycles. The number of ether oxygens (including phenoxy) is 2. The van der Waals surface area contributed by atoms with Crippen molar-refractivity contribution in [2.75, 3.05) is 14.2 Å². The maximum atomic E-state index is 10.4. The topological polar surface area (TPSA) is 76.5 Å². The van der Waals surface area contributed by atoms with Gasteiger partial charge in [-0.1, -0.05) is 13.8 Å². The van der Waals surface area contributed by atoms with Crippen LogP contribution in [0.4, 0.5) is 0 Å². The smallest absolute Gasteiger partial charge is 0.212 e. The van der Waals surface area contributed by atoms with E-state index in [1.165, 1.54) is 7.11 Å². The fourth-order valence-electron chi connectivity index (χ4n) is 2.23. The van der Waals surface area contributed by atoms with E-state index in [0.717, 1.165) is 0 Å². The zero-order valence-corrected chi connectivity index (χ0v) is 13.3. The average molecular weight is 306 g/mol. The normalized spacial score (nSPS) is 23.4. The number of furan rings is 1. The molecule has 0 bridgehead atoms. The number of rotatable bonds is 4. The Hall–Kier alpha value is -2.08. The summed E-state index contributed by atoms with van der Waals surface area (Å²) in [6.45, 7) is 4.06. The summed E-state index contributed by atoms with van der Waals surface area (Å²) < 4.78 is 15.8. The third kappa shape index (κ3) is 3.57. The van der Waals surface area contributed by atoms with E-state index in [2.05, 4.69) is 9.98 Å². The fraction of sp³-hybridized carbons (Fsp3) is 0.500. The van der Waals surface area contributed by atoms with Crippen LogP contribution >= 0.6 is 0 Å². The molecule has 0 fully saturated rings. The van der Waals surface area contributed by atoms with E-state index in [9.17, 15) is 5.11 Å². The highest BCUT2D eigenvalue weighted by atomic mass is 16.5. The molecular formula is C16H22N2O4. The van der Waals surface area contributed by atoms with Crippen LogP contribution in [0, 0.1) is 5.92 Å². The number of methoxy groups -OCH3 is 2. The van der Waals surface area contributed by atoms with Gasteiger partial charge in [-0.15, -0.1) is 0 Å². The van der Waals surface area contributed by atoms with Crippen LogP contribution in [0.5, 0.6) is 0 Å². The summed E-state index contributed by atoms with van der Waals surface area (Å²) in [7, 11) is 3.09. The number of hydrogen-bond donors (Lipinski definition) is 1. The second-order valence-corrected chi connectivity index (χ2v) is 5.34. The Labute approximate surface area is 130 Å². The molecule has 0 unspecified atom stereocenters. The van der Waals surface area contributed by atoms with Crippen molar-refractivity contribution in [3.8, 4) is 0 Å². The quantitative estimate of drug-likeness (QED) is 0.924. The van der Waals surface area contributed by atoms with Crippen molar-refractivity contribution in [2.45, 2.75) is 32.0 Å². The van der Waals surface area contributed by atoms with Gasteiger partial charge in [0.25, 0.3) is 0 Å². The molecule has 0 saturated heterocycles. The van der Waals surface area contributed by atoms with Crippen LogP contribution in [0.3, 0.4) is 0 Å². The van der Waals surface area contributed by atoms with Gasteiger partial charge in [0.1, 0.15) is 17.9 Å². The Morgan fingerprint density at radius 3 is 2.36 bits per heavy atom. The van der Waals surface area contributed by atoms with E-state index in [0.29, 0.717) is 17.6 Å². The number of aliphatic hydroxyl groups excluding tert-OH is 1. The molecule has 22 heavy (non-hydrogen) atoms. The highest BCUT2D eigenvalue weighted by molar-refractivity contribution is 5.94. The molecule has 0 radical (unpaired) electrons. The van der Waals surface area contributed by atoms with Crippen molar-refractivity contribution in [3.05, 3.63) is 30.2 Å². The van der Waals surface area contributed by atoms with Gasteiger partial charge < -0.3 is 19.0 Å². The molecule has 120 valence electrons. The minimum atomic E-state index is -0.887. The van der Waals surface area contributed by atoms with E-state index in [1.54, 1.807) is 37.7 Å². The van der Waals surface area contributed by atoms with E-state index in [1.807, 2.05) is 13.8 Å². The van der Waals surface area contributed by atoms with Gasteiger partial charge in [-0.25, -0.2) is 9.98 Å². The van der Waals surface area contributed by atoms with E-state index < -0.39 is 12.1 Å². The maximum absolute atomic E-state index is 10.4. The molecule has 1 N–H and O–H groups in total. The largest absolute Gasteiger partial charge is 0.483 e. The maximum Gasteiger partial charge on any atom is 0.212 e. The molecule has 1 aromatic heterocycles. The summed E-state index contributed by atoms with van der Waals surface area (Å²) >= 11 is 0. The van der Waals surface area contributed by atoms with Gasteiger partial charge in [-0.05, 0) is 30.2 Å². The zero-order valence-electron chi connectivity index (χ0n) is 13.3. The second kappa shape index (κ2) is 7.26. The van der Waals surface area contributed by atoms with Crippen LogP contribution in [0.1, 0.15) is 19.6 Å². The third-order valence-electron chi connectivity index (χ3n) is 3.41. The van der Waals surface area contributed by atoms with Gasteiger partial charge >= 0.3 is 0 Å². The molecule has 1 aromatic rings. The van der Waals surface area contributed by atoms with Crippen LogP contribution < -0.4 is 0 Å². The lowest BCUT2D eigenvalue weighted by Gasteiger charge is -2.28. The van der Waals surface area contributed by atoms with Gasteiger partial charge in [-0.2, -0.15) is 0 Å². The van der Waals surface area contributed by atoms with Gasteiger partial charge in [0.2, 0.25) is 11.8 Å². The lowest BCUT2D eigenvalue weighted by atomic mass is 10.0. The Kier molecular flexibility index (Phi) is 5.38. The van der Waals surface area contributed by atoms with Crippen molar-refractivity contribution in [2.24, 2.45) is 15.9 Å². The fourth-order valence-corrected chi connectivity index (χ4v) is 2.23. The summed E-state index contributed by atoms with van der Waals surface area (Å²) in [5.41, 5.74) is 0. The van der Waals surface area contributed by atoms with Gasteiger partial charge in [-0.3, -0.25) is 0 Å². The van der Waals surface area contributed by atoms with Crippen molar-refractivity contribution >= 4 is 17.9 Å². The van der Waals surface area contributed by atoms with E-state index in [-0.39, 0.29) is 12.0 Å². The molecular weight excluding hydrogens is 284 g/mol. The summed E-state index contributed by atoms with van der Waals surface area (Å²) in [6, 6.07) is 2.76. The molecule has 0 amide bonds. The first kappa shape index (κ1) is 16.3. The van der Waals surface area contributed by atoms with Crippen molar-refractivity contribution < 1.29 is 19.0 Å². The summed E-state index contributed by atoms with van der Waals surface area (Å²) in [5.74, 6) is 1.78. The first-order valence-electron chi connectivity index (χ1n) is 7.20. The Bertz CT molecular complexity index is 561. The molecule has 3 atom stereocenters. The third-order valence-corrected chi connectivity index (χ3v) is 3.41. The summed E-state index contributed by atoms with van der Waals surface area (Å²) in [4.78, 5) is 8.98. The van der Waals surface area contributed by atoms with Crippen molar-refractivity contribution in [1.82, 2.24) is 0 Å². The average Bonchev–Trinajstić information content (AvgIpc) is 3.04. The molecule has 6 nitrogen and oxygen atoms in total. The zero-order chi connectivity index (χ0) is 16.1. The second-order valence-electron chi connectivity index (χ2n) is 5.34. The molecule has 1 aliphatic rings. The highest BCUT2D eigenvalue weighted by Gasteiger charge is 2.33. The predicted octanol–water partition coefficient (Wildman–Crippen LogP) is 2.15. The summed E-state index contributed by atoms with van der Waals surface area (Å²) in [6.07, 6.45) is 3.98. The number of aliphatic imine (C=N–C) groups is 2. The van der Waals surface area contributed by atoms with E-state index >= 15 is 0 Å². The molecule has 0 aliphatic carbocycles. The first-order valence-corrected chi connectivity index (χ1v) is 7.20. The number of nitrogens with zero attached hydrogens (tertiary/aromatic N) is 2. The molecule has 2 heterocycles. The van der Waals surface area contributed by atoms with Crippen LogP contribution in [0.15, 0.2) is 38.9 Å². The van der Waals surface area contributed by atoms with Gasteiger partial charge in [0.05, 0.1) is 20.5 Å². The molecule has 6 heteroatoms. The number of aliphatic hydroxyl groups is 1. The molecule has 2 rings (SSSR count). The van der Waals surface area contributed by atoms with Gasteiger partial charge in [0, 0.05) is 0 Å². The minimum Gasteiger partial charge on any atom is -0.483 e. The monoisotopic (exact) mass is 306 g/mol. The highest BCUT2D eigenvalue weighted by Crippen LogP contribution is 2.20. The van der Waals surface area contributed by atoms with Gasteiger partial charge in [0.15, 0.2) is 6.04 Å². The molecule has 0 spiro atoms. The van der Waals surface area contributed by atoms with Crippen LogP contribution in [-0.2, 0) is 9.47 Å². The molecule has 0 saturated carbocycles. The minimum absolute atomic E-state index is 0.197. The van der Waals surface area contributed by atoms with E-state index in [4.69, 9.17) is 13.9 Å². The SMILES string of the molecule is COC1=N[C@H](C(C)C)C(OC)=N[C@H]1[C@@H](O)/C=C/c1ccco1. The van der Waals surface area contributed by atoms with Crippen LogP contribution in [0.2, 0.25) is 0 Å². The Morgan fingerprint density at radius 2 is 1.82 bits per heavy atom. The predicted molar refractivity (Wildman–Crippen MR) is 85.1 cm³/mol. The Morgan fingerprint density at radius 1 is 1.18 bits per heavy atom. The number of hydrogen-bond acceptors (Lipinski definition) is 6. The Balaban J connectivity index is 2.21. The summed E-state index contributed by atoms with van der Waals surface area (Å²) in [5, 5.41) is 10.4. The molecule has 1 aliphatic heterocycles. The lowest BCUT2D eigenvalue weighted by molar-refractivity contribution is 0.197.